The number of alkyl halides is 3. The second-order valence-corrected chi connectivity index (χ2v) is 9.01. The Hall–Kier alpha value is -3.28. The molecular weight excluding hydrogens is 509 g/mol. The van der Waals surface area contributed by atoms with Crippen molar-refractivity contribution in [3.63, 3.8) is 0 Å². The van der Waals surface area contributed by atoms with E-state index in [1.165, 1.54) is 13.0 Å². The molecule has 0 aliphatic carbocycles. The van der Waals surface area contributed by atoms with E-state index in [1.54, 1.807) is 0 Å². The molecule has 36 heavy (non-hydrogen) atoms. The van der Waals surface area contributed by atoms with Crippen LogP contribution in [0.5, 0.6) is 5.75 Å². The Morgan fingerprint density at radius 2 is 1.75 bits per heavy atom. The molecule has 12 heteroatoms. The number of ether oxygens (including phenoxy) is 1. The van der Waals surface area contributed by atoms with Crippen molar-refractivity contribution in [3.8, 4) is 17.0 Å². The van der Waals surface area contributed by atoms with Crippen LogP contribution in [0.4, 0.5) is 22.0 Å². The number of pyridine rings is 1. The zero-order chi connectivity index (χ0) is 26.6. The Balaban J connectivity index is 1.99. The topological polar surface area (TPSA) is 111 Å². The molecule has 1 amide bonds. The molecule has 1 unspecified atom stereocenters. The fourth-order valence-electron chi connectivity index (χ4n) is 3.99. The highest BCUT2D eigenvalue weighted by Gasteiger charge is 2.46. The Bertz CT molecular complexity index is 1370. The van der Waals surface area contributed by atoms with Crippen LogP contribution in [0.25, 0.3) is 11.3 Å². The lowest BCUT2D eigenvalue weighted by Crippen LogP contribution is -2.41. The number of aromatic nitrogens is 1. The summed E-state index contributed by atoms with van der Waals surface area (Å²) in [6.07, 6.45) is -4.61. The number of carbonyl (C=O) groups excluding carboxylic acids is 1. The first kappa shape index (κ1) is 25.8. The Morgan fingerprint density at radius 3 is 2.31 bits per heavy atom. The van der Waals surface area contributed by atoms with Crippen LogP contribution in [-0.2, 0) is 22.0 Å². The molecule has 6 nitrogen and oxygen atoms in total. The van der Waals surface area contributed by atoms with Crippen molar-refractivity contribution < 1.29 is 36.6 Å². The summed E-state index contributed by atoms with van der Waals surface area (Å²) in [4.78, 5) is 16.6. The van der Waals surface area contributed by atoms with Gasteiger partial charge in [-0.15, -0.1) is 0 Å². The van der Waals surface area contributed by atoms with Crippen molar-refractivity contribution >= 4 is 17.5 Å². The molecule has 0 radical (unpaired) electrons. The van der Waals surface area contributed by atoms with E-state index in [2.05, 4.69) is 4.98 Å². The minimum atomic E-state index is -4.61. The number of aliphatic hydroxyl groups is 1. The predicted octanol–water partition coefficient (Wildman–Crippen LogP) is 4.03. The van der Waals surface area contributed by atoms with Crippen molar-refractivity contribution in [2.75, 3.05) is 13.2 Å². The van der Waals surface area contributed by atoms with Gasteiger partial charge in [-0.05, 0) is 36.8 Å². The van der Waals surface area contributed by atoms with Gasteiger partial charge in [-0.3, -0.25) is 4.79 Å². The third-order valence-electron chi connectivity index (χ3n) is 6.29. The molecule has 2 atom stereocenters. The number of rotatable bonds is 5. The van der Waals surface area contributed by atoms with E-state index in [0.29, 0.717) is 6.07 Å². The number of nitrogens with zero attached hydrogens (tertiary/aromatic N) is 1. The number of nitrogens with two attached hydrogens (primary N) is 2. The maximum absolute atomic E-state index is 14.8. The predicted molar refractivity (Wildman–Crippen MR) is 120 cm³/mol. The number of fused-ring (bicyclic) bond motifs is 1. The van der Waals surface area contributed by atoms with Crippen LogP contribution in [0.2, 0.25) is 5.02 Å². The molecule has 1 aromatic heterocycles. The summed E-state index contributed by atoms with van der Waals surface area (Å²) in [5, 5.41) is 11.1. The molecule has 5 N–H and O–H groups in total. The number of primary amides is 1. The summed E-state index contributed by atoms with van der Waals surface area (Å²) in [7, 11) is 0. The van der Waals surface area contributed by atoms with Crippen LogP contribution < -0.4 is 16.2 Å². The number of benzene rings is 2. The molecule has 1 aliphatic heterocycles. The maximum atomic E-state index is 14.8. The standard InChI is InChI=1S/C24H19ClF5N3O3/c1-22(21(32)34)10-36-20-14(22)7-18(33-19(20)13-6-15(25)17(27)8-16(13)26)23(35,9-31)11-2-4-12(5-3-11)24(28,29)30/h2-8,35H,9-10,31H2,1H3,(H2,32,34)/t22-,23?/m0/s1. The van der Waals surface area contributed by atoms with Gasteiger partial charge in [-0.25, -0.2) is 13.8 Å². The highest BCUT2D eigenvalue weighted by Crippen LogP contribution is 2.47. The van der Waals surface area contributed by atoms with E-state index in [9.17, 15) is 31.9 Å². The quantitative estimate of drug-likeness (QED) is 0.343. The van der Waals surface area contributed by atoms with Gasteiger partial charge in [0.15, 0.2) is 0 Å². The van der Waals surface area contributed by atoms with Gasteiger partial charge in [0, 0.05) is 23.7 Å². The fraction of sp³-hybridized carbons (Fsp3) is 0.250. The van der Waals surface area contributed by atoms with Gasteiger partial charge in [0.1, 0.15) is 40.7 Å². The van der Waals surface area contributed by atoms with E-state index >= 15 is 0 Å². The Kier molecular flexibility index (Phi) is 6.22. The number of hydrogen-bond donors (Lipinski definition) is 3. The average molecular weight is 528 g/mol. The van der Waals surface area contributed by atoms with Gasteiger partial charge in [0.05, 0.1) is 16.3 Å². The van der Waals surface area contributed by atoms with Crippen molar-refractivity contribution in [3.05, 3.63) is 81.5 Å². The average Bonchev–Trinajstić information content (AvgIpc) is 3.18. The largest absolute Gasteiger partial charge is 0.489 e. The first-order valence-corrected chi connectivity index (χ1v) is 10.8. The summed E-state index contributed by atoms with van der Waals surface area (Å²) in [6.45, 7) is 0.667. The molecule has 2 aromatic carbocycles. The smallest absolute Gasteiger partial charge is 0.416 e. The Labute approximate surface area is 206 Å². The SMILES string of the molecule is C[C@]1(C(N)=O)COc2c1cc(C(O)(CN)c1ccc(C(F)(F)F)cc1)nc2-c1cc(Cl)c(F)cc1F. The zero-order valence-electron chi connectivity index (χ0n) is 18.6. The molecular formula is C24H19ClF5N3O3. The van der Waals surface area contributed by atoms with Crippen molar-refractivity contribution in [1.82, 2.24) is 4.98 Å². The van der Waals surface area contributed by atoms with Crippen LogP contribution in [0, 0.1) is 11.6 Å². The molecule has 3 aromatic rings. The Morgan fingerprint density at radius 1 is 1.14 bits per heavy atom. The number of halogens is 6. The molecule has 190 valence electrons. The zero-order valence-corrected chi connectivity index (χ0v) is 19.3. The molecule has 0 bridgehead atoms. The third kappa shape index (κ3) is 4.06. The summed E-state index contributed by atoms with van der Waals surface area (Å²) in [6, 6.07) is 6.37. The first-order valence-electron chi connectivity index (χ1n) is 10.5. The number of carbonyl (C=O) groups is 1. The molecule has 1 aliphatic rings. The minimum Gasteiger partial charge on any atom is -0.489 e. The van der Waals surface area contributed by atoms with Crippen LogP contribution in [0.1, 0.15) is 29.3 Å². The summed E-state index contributed by atoms with van der Waals surface area (Å²) >= 11 is 5.85. The van der Waals surface area contributed by atoms with Crippen LogP contribution in [0.3, 0.4) is 0 Å². The van der Waals surface area contributed by atoms with Gasteiger partial charge in [0.25, 0.3) is 0 Å². The van der Waals surface area contributed by atoms with Crippen LogP contribution in [0.15, 0.2) is 42.5 Å². The highest BCUT2D eigenvalue weighted by molar-refractivity contribution is 6.31. The van der Waals surface area contributed by atoms with Crippen molar-refractivity contribution in [1.29, 1.82) is 0 Å². The monoisotopic (exact) mass is 527 g/mol. The number of amides is 1. The van der Waals surface area contributed by atoms with Crippen molar-refractivity contribution in [2.45, 2.75) is 24.1 Å². The summed E-state index contributed by atoms with van der Waals surface area (Å²) < 4.78 is 73.4. The van der Waals surface area contributed by atoms with E-state index in [-0.39, 0.29) is 40.4 Å². The van der Waals surface area contributed by atoms with Gasteiger partial charge in [0.2, 0.25) is 5.91 Å². The normalized spacial score (nSPS) is 18.9. The second-order valence-electron chi connectivity index (χ2n) is 8.60. The maximum Gasteiger partial charge on any atom is 0.416 e. The van der Waals surface area contributed by atoms with Gasteiger partial charge in [-0.2, -0.15) is 13.2 Å². The van der Waals surface area contributed by atoms with E-state index < -0.39 is 51.9 Å². The lowest BCUT2D eigenvalue weighted by Gasteiger charge is -2.29. The van der Waals surface area contributed by atoms with E-state index in [1.807, 2.05) is 0 Å². The highest BCUT2D eigenvalue weighted by atomic mass is 35.5. The van der Waals surface area contributed by atoms with E-state index in [4.69, 9.17) is 27.8 Å². The molecule has 0 saturated heterocycles. The molecule has 4 rings (SSSR count). The van der Waals surface area contributed by atoms with Gasteiger partial charge in [-0.1, -0.05) is 23.7 Å². The third-order valence-corrected chi connectivity index (χ3v) is 6.58. The van der Waals surface area contributed by atoms with Gasteiger partial charge < -0.3 is 21.3 Å². The first-order chi connectivity index (χ1) is 16.7. The molecule has 0 spiro atoms. The fourth-order valence-corrected chi connectivity index (χ4v) is 4.15. The lowest BCUT2D eigenvalue weighted by molar-refractivity contribution is -0.137. The van der Waals surface area contributed by atoms with Crippen LogP contribution in [-0.4, -0.2) is 29.1 Å². The van der Waals surface area contributed by atoms with Crippen molar-refractivity contribution in [2.24, 2.45) is 11.5 Å². The lowest BCUT2D eigenvalue weighted by atomic mass is 9.80. The molecule has 2 heterocycles. The number of hydrogen-bond acceptors (Lipinski definition) is 5. The summed E-state index contributed by atoms with van der Waals surface area (Å²) in [5.74, 6) is -2.94. The van der Waals surface area contributed by atoms with E-state index in [0.717, 1.165) is 30.3 Å². The minimum absolute atomic E-state index is 0.0475. The van der Waals surface area contributed by atoms with Crippen LogP contribution >= 0.6 is 11.6 Å². The molecule has 0 saturated carbocycles. The molecule has 0 fully saturated rings. The second kappa shape index (κ2) is 8.68. The van der Waals surface area contributed by atoms with Gasteiger partial charge >= 0.3 is 6.18 Å². The summed E-state index contributed by atoms with van der Waals surface area (Å²) in [5.41, 5.74) is 6.21.